The largest absolute Gasteiger partial charge is 0.361 e. The molecule has 0 radical (unpaired) electrons. The van der Waals surface area contributed by atoms with E-state index < -0.39 is 0 Å². The highest BCUT2D eigenvalue weighted by molar-refractivity contribution is 8.03. The van der Waals surface area contributed by atoms with Crippen molar-refractivity contribution < 1.29 is 4.79 Å². The Labute approximate surface area is 134 Å². The summed E-state index contributed by atoms with van der Waals surface area (Å²) in [5.41, 5.74) is 5.07. The van der Waals surface area contributed by atoms with Crippen molar-refractivity contribution in [1.82, 2.24) is 5.32 Å². The van der Waals surface area contributed by atoms with Crippen LogP contribution in [-0.2, 0) is 4.79 Å². The Morgan fingerprint density at radius 1 is 1.23 bits per heavy atom. The van der Waals surface area contributed by atoms with Crippen LogP contribution in [0, 0.1) is 11.3 Å². The predicted molar refractivity (Wildman–Crippen MR) is 87.0 cm³/mol. The lowest BCUT2D eigenvalue weighted by Crippen LogP contribution is -2.30. The molecule has 0 aromatic heterocycles. The lowest BCUT2D eigenvalue weighted by atomic mass is 9.79. The molecule has 0 spiro atoms. The van der Waals surface area contributed by atoms with Crippen molar-refractivity contribution in [3.05, 3.63) is 57.3 Å². The summed E-state index contributed by atoms with van der Waals surface area (Å²) in [6.45, 7) is 0. The third-order valence-electron chi connectivity index (χ3n) is 4.56. The second-order valence-electron chi connectivity index (χ2n) is 5.91. The van der Waals surface area contributed by atoms with Crippen LogP contribution in [0.25, 0.3) is 0 Å². The number of nitriles is 1. The van der Waals surface area contributed by atoms with Crippen LogP contribution < -0.4 is 5.32 Å². The molecule has 4 rings (SSSR count). The van der Waals surface area contributed by atoms with Crippen molar-refractivity contribution in [2.75, 3.05) is 5.75 Å². The van der Waals surface area contributed by atoms with Gasteiger partial charge in [0, 0.05) is 40.0 Å². The highest BCUT2D eigenvalue weighted by Gasteiger charge is 2.38. The summed E-state index contributed by atoms with van der Waals surface area (Å²) in [5.74, 6) is 1.36. The molecule has 22 heavy (non-hydrogen) atoms. The summed E-state index contributed by atoms with van der Waals surface area (Å²) in [7, 11) is 0. The minimum atomic E-state index is 0.0276. The van der Waals surface area contributed by atoms with E-state index in [-0.39, 0.29) is 11.7 Å². The average Bonchev–Trinajstić information content (AvgIpc) is 3.01. The first-order valence-electron chi connectivity index (χ1n) is 7.67. The van der Waals surface area contributed by atoms with Gasteiger partial charge in [-0.25, -0.2) is 0 Å². The minimum Gasteiger partial charge on any atom is -0.361 e. The maximum absolute atomic E-state index is 12.6. The van der Waals surface area contributed by atoms with Crippen molar-refractivity contribution in [2.24, 2.45) is 0 Å². The summed E-state index contributed by atoms with van der Waals surface area (Å²) in [6, 6.07) is 9.93. The summed E-state index contributed by atoms with van der Waals surface area (Å²) in [5, 5.41) is 12.7. The van der Waals surface area contributed by atoms with Gasteiger partial charge in [-0.3, -0.25) is 4.79 Å². The Morgan fingerprint density at radius 3 is 3.00 bits per heavy atom. The van der Waals surface area contributed by atoms with Crippen LogP contribution in [0.15, 0.2) is 46.1 Å². The molecule has 3 aliphatic rings. The molecule has 0 fully saturated rings. The van der Waals surface area contributed by atoms with Gasteiger partial charge >= 0.3 is 0 Å². The van der Waals surface area contributed by atoms with Crippen LogP contribution in [0.5, 0.6) is 0 Å². The molecule has 2 heterocycles. The van der Waals surface area contributed by atoms with Gasteiger partial charge in [-0.2, -0.15) is 5.26 Å². The number of Topliss-reactive ketones (excluding diaryl/α,β-unsaturated/α-hetero) is 1. The zero-order chi connectivity index (χ0) is 15.1. The third kappa shape index (κ3) is 2.08. The van der Waals surface area contributed by atoms with Crippen molar-refractivity contribution in [3.8, 4) is 6.07 Å². The van der Waals surface area contributed by atoms with Gasteiger partial charge in [0.05, 0.1) is 11.6 Å². The number of carbonyl (C=O) groups excluding carboxylic acids is 1. The predicted octanol–water partition coefficient (Wildman–Crippen LogP) is 3.60. The van der Waals surface area contributed by atoms with Crippen LogP contribution >= 0.6 is 11.8 Å². The van der Waals surface area contributed by atoms with E-state index in [0.29, 0.717) is 12.0 Å². The molecule has 3 nitrogen and oxygen atoms in total. The molecule has 1 aromatic carbocycles. The topological polar surface area (TPSA) is 52.9 Å². The van der Waals surface area contributed by atoms with E-state index in [1.807, 2.05) is 36.0 Å². The number of ketones is 1. The van der Waals surface area contributed by atoms with Gasteiger partial charge in [0.15, 0.2) is 5.78 Å². The first-order valence-corrected chi connectivity index (χ1v) is 8.65. The number of hydrogen-bond donors (Lipinski definition) is 1. The second kappa shape index (κ2) is 5.33. The number of thioether (sulfide) groups is 1. The van der Waals surface area contributed by atoms with E-state index in [0.717, 1.165) is 41.8 Å². The van der Waals surface area contributed by atoms with Gasteiger partial charge in [0.2, 0.25) is 0 Å². The summed E-state index contributed by atoms with van der Waals surface area (Å²) in [4.78, 5) is 13.8. The fourth-order valence-electron chi connectivity index (χ4n) is 3.60. The van der Waals surface area contributed by atoms with Crippen molar-refractivity contribution >= 4 is 17.5 Å². The van der Waals surface area contributed by atoms with Gasteiger partial charge < -0.3 is 5.32 Å². The molecule has 1 unspecified atom stereocenters. The van der Waals surface area contributed by atoms with E-state index in [4.69, 9.17) is 0 Å². The summed E-state index contributed by atoms with van der Waals surface area (Å²) in [6.07, 6.45) is 3.57. The third-order valence-corrected chi connectivity index (χ3v) is 5.77. The molecule has 2 aliphatic heterocycles. The zero-order valence-corrected chi connectivity index (χ0v) is 13.0. The molecule has 1 aliphatic carbocycles. The van der Waals surface area contributed by atoms with Gasteiger partial charge in [-0.05, 0) is 37.0 Å². The number of rotatable bonds is 1. The van der Waals surface area contributed by atoms with Gasteiger partial charge in [-0.1, -0.05) is 12.1 Å². The molecular weight excluding hydrogens is 292 g/mol. The molecular formula is C18H16N2OS. The molecule has 4 heteroatoms. The Morgan fingerprint density at radius 2 is 2.14 bits per heavy atom. The fourth-order valence-corrected chi connectivity index (χ4v) is 4.88. The maximum atomic E-state index is 12.6. The van der Waals surface area contributed by atoms with Gasteiger partial charge in [0.25, 0.3) is 0 Å². The Balaban J connectivity index is 1.88. The van der Waals surface area contributed by atoms with Crippen LogP contribution in [-0.4, -0.2) is 11.5 Å². The number of nitrogens with one attached hydrogen (secondary N) is 1. The molecule has 0 amide bonds. The second-order valence-corrected chi connectivity index (χ2v) is 7.04. The van der Waals surface area contributed by atoms with Crippen molar-refractivity contribution in [1.29, 1.82) is 5.26 Å². The molecule has 110 valence electrons. The molecule has 1 atom stereocenters. The van der Waals surface area contributed by atoms with E-state index >= 15 is 0 Å². The highest BCUT2D eigenvalue weighted by atomic mass is 32.2. The van der Waals surface area contributed by atoms with E-state index in [1.165, 1.54) is 10.6 Å². The van der Waals surface area contributed by atoms with E-state index in [1.54, 1.807) is 0 Å². The Bertz CT molecular complexity index is 770. The Hall–Kier alpha value is -1.99. The van der Waals surface area contributed by atoms with Gasteiger partial charge in [0.1, 0.15) is 0 Å². The van der Waals surface area contributed by atoms with Crippen molar-refractivity contribution in [3.63, 3.8) is 0 Å². The van der Waals surface area contributed by atoms with Gasteiger partial charge in [-0.15, -0.1) is 11.8 Å². The molecule has 0 saturated heterocycles. The number of dihydropyridines is 1. The number of benzene rings is 1. The van der Waals surface area contributed by atoms with E-state index in [2.05, 4.69) is 11.4 Å². The monoisotopic (exact) mass is 308 g/mol. The molecule has 0 bridgehead atoms. The van der Waals surface area contributed by atoms with Crippen LogP contribution in [0.3, 0.4) is 0 Å². The normalized spacial score (nSPS) is 23.8. The SMILES string of the molecule is N#Cc1cccc(C2C3=C(CCS3)NC3=C2C(=O)CCC3)c1. The van der Waals surface area contributed by atoms with Crippen LogP contribution in [0.2, 0.25) is 0 Å². The van der Waals surface area contributed by atoms with Crippen LogP contribution in [0.1, 0.15) is 42.7 Å². The summed E-state index contributed by atoms with van der Waals surface area (Å²) < 4.78 is 0. The van der Waals surface area contributed by atoms with Crippen molar-refractivity contribution in [2.45, 2.75) is 31.6 Å². The lowest BCUT2D eigenvalue weighted by Gasteiger charge is -2.33. The smallest absolute Gasteiger partial charge is 0.161 e. The maximum Gasteiger partial charge on any atom is 0.161 e. The number of nitrogens with zero attached hydrogens (tertiary/aromatic N) is 1. The zero-order valence-electron chi connectivity index (χ0n) is 12.2. The van der Waals surface area contributed by atoms with Crippen LogP contribution in [0.4, 0.5) is 0 Å². The van der Waals surface area contributed by atoms with E-state index in [9.17, 15) is 10.1 Å². The number of allylic oxidation sites excluding steroid dienone is 4. The summed E-state index contributed by atoms with van der Waals surface area (Å²) >= 11 is 1.85. The molecule has 0 saturated carbocycles. The fraction of sp³-hybridized carbons (Fsp3) is 0.333. The minimum absolute atomic E-state index is 0.0276. The Kier molecular flexibility index (Phi) is 3.31. The lowest BCUT2D eigenvalue weighted by molar-refractivity contribution is -0.116. The quantitative estimate of drug-likeness (QED) is 0.861. The standard InChI is InChI=1S/C18H16N2OS/c19-10-11-3-1-4-12(9-11)16-17-13(5-2-6-15(17)21)20-14-7-8-22-18(14)16/h1,3-4,9,16,20H,2,5-8H2. The average molecular weight is 308 g/mol. The first kappa shape index (κ1) is 13.7. The molecule has 1 N–H and O–H groups in total. The molecule has 1 aromatic rings. The number of hydrogen-bond acceptors (Lipinski definition) is 4. The first-order chi connectivity index (χ1) is 10.8. The number of carbonyl (C=O) groups is 1. The highest BCUT2D eigenvalue weighted by Crippen LogP contribution is 2.49.